The quantitative estimate of drug-likeness (QED) is 0.787. The smallest absolute Gasteiger partial charge is 0.243 e. The Bertz CT molecular complexity index is 819. The van der Waals surface area contributed by atoms with Crippen molar-refractivity contribution in [2.24, 2.45) is 0 Å². The number of hydrogen-bond donors (Lipinski definition) is 0. The van der Waals surface area contributed by atoms with Crippen LogP contribution in [0, 0.1) is 6.92 Å². The van der Waals surface area contributed by atoms with E-state index in [1.54, 1.807) is 22.5 Å². The molecular weight excluding hydrogens is 379 g/mol. The Labute approximate surface area is 160 Å². The predicted molar refractivity (Wildman–Crippen MR) is 104 cm³/mol. The van der Waals surface area contributed by atoms with Crippen molar-refractivity contribution in [2.45, 2.75) is 18.4 Å². The minimum atomic E-state index is -3.47. The van der Waals surface area contributed by atoms with Crippen LogP contribution in [0.25, 0.3) is 0 Å². The molecule has 0 radical (unpaired) electrons. The predicted octanol–water partition coefficient (Wildman–Crippen LogP) is 3.58. The molecule has 7 heteroatoms. The van der Waals surface area contributed by atoms with Crippen molar-refractivity contribution in [1.82, 2.24) is 9.21 Å². The first-order valence-electron chi connectivity index (χ1n) is 7.99. The van der Waals surface area contributed by atoms with Crippen molar-refractivity contribution in [2.75, 3.05) is 26.2 Å². The van der Waals surface area contributed by atoms with Gasteiger partial charge in [-0.25, -0.2) is 8.42 Å². The van der Waals surface area contributed by atoms with Gasteiger partial charge in [0.05, 0.1) is 4.90 Å². The van der Waals surface area contributed by atoms with Gasteiger partial charge in [-0.1, -0.05) is 41.9 Å². The van der Waals surface area contributed by atoms with E-state index in [9.17, 15) is 8.42 Å². The summed E-state index contributed by atoms with van der Waals surface area (Å²) in [5.74, 6) is 0. The van der Waals surface area contributed by atoms with Gasteiger partial charge in [-0.2, -0.15) is 4.31 Å². The zero-order valence-electron chi connectivity index (χ0n) is 14.1. The van der Waals surface area contributed by atoms with Crippen molar-refractivity contribution in [3.8, 4) is 0 Å². The van der Waals surface area contributed by atoms with Gasteiger partial charge in [-0.15, -0.1) is 12.4 Å². The molecule has 25 heavy (non-hydrogen) atoms. The normalized spacial score (nSPS) is 16.4. The number of hydrogen-bond acceptors (Lipinski definition) is 3. The van der Waals surface area contributed by atoms with Gasteiger partial charge in [0.15, 0.2) is 0 Å². The highest BCUT2D eigenvalue weighted by atomic mass is 35.5. The topological polar surface area (TPSA) is 40.6 Å². The van der Waals surface area contributed by atoms with E-state index >= 15 is 0 Å². The fraction of sp³-hybridized carbons (Fsp3) is 0.333. The Hall–Kier alpha value is -1.11. The molecule has 136 valence electrons. The molecule has 0 saturated carbocycles. The van der Waals surface area contributed by atoms with Crippen LogP contribution in [-0.4, -0.2) is 43.8 Å². The maximum atomic E-state index is 12.7. The molecule has 1 aliphatic heterocycles. The molecule has 0 bridgehead atoms. The van der Waals surface area contributed by atoms with Crippen LogP contribution in [0.5, 0.6) is 0 Å². The molecule has 1 aliphatic rings. The summed E-state index contributed by atoms with van der Waals surface area (Å²) in [7, 11) is -3.47. The molecule has 0 aromatic heterocycles. The highest BCUT2D eigenvalue weighted by Crippen LogP contribution is 2.21. The summed E-state index contributed by atoms with van der Waals surface area (Å²) in [4.78, 5) is 2.56. The van der Waals surface area contributed by atoms with Crippen LogP contribution in [0.1, 0.15) is 11.1 Å². The fourth-order valence-corrected chi connectivity index (χ4v) is 4.66. The Morgan fingerprint density at radius 2 is 1.68 bits per heavy atom. The van der Waals surface area contributed by atoms with Crippen LogP contribution >= 0.6 is 24.0 Å². The first kappa shape index (κ1) is 20.2. The summed E-state index contributed by atoms with van der Waals surface area (Å²) in [6.07, 6.45) is 0. The van der Waals surface area contributed by atoms with Crippen molar-refractivity contribution >= 4 is 34.0 Å². The van der Waals surface area contributed by atoms with Crippen LogP contribution < -0.4 is 0 Å². The molecule has 0 aliphatic carbocycles. The van der Waals surface area contributed by atoms with Crippen molar-refractivity contribution in [3.05, 3.63) is 64.7 Å². The molecule has 2 aromatic carbocycles. The summed E-state index contributed by atoms with van der Waals surface area (Å²) >= 11 is 5.93. The Morgan fingerprint density at radius 3 is 2.32 bits per heavy atom. The molecule has 3 rings (SSSR count). The van der Waals surface area contributed by atoms with Crippen LogP contribution in [0.4, 0.5) is 0 Å². The summed E-state index contributed by atoms with van der Waals surface area (Å²) in [6, 6.07) is 14.8. The maximum Gasteiger partial charge on any atom is 0.243 e. The van der Waals surface area contributed by atoms with E-state index < -0.39 is 10.0 Å². The van der Waals surface area contributed by atoms with E-state index in [1.807, 2.05) is 12.1 Å². The van der Waals surface area contributed by atoms with Gasteiger partial charge < -0.3 is 0 Å². The maximum absolute atomic E-state index is 12.7. The number of piperazine rings is 1. The van der Waals surface area contributed by atoms with E-state index in [2.05, 4.69) is 24.0 Å². The van der Waals surface area contributed by atoms with Crippen LogP contribution in [0.3, 0.4) is 0 Å². The number of halogens is 2. The lowest BCUT2D eigenvalue weighted by Crippen LogP contribution is -2.48. The lowest BCUT2D eigenvalue weighted by atomic mass is 10.1. The number of sulfonamides is 1. The number of benzene rings is 2. The minimum Gasteiger partial charge on any atom is -0.296 e. The van der Waals surface area contributed by atoms with E-state index in [0.717, 1.165) is 19.6 Å². The molecule has 0 spiro atoms. The lowest BCUT2D eigenvalue weighted by molar-refractivity contribution is 0.181. The molecular formula is C18H22Cl2N2O2S. The number of aryl methyl sites for hydroxylation is 1. The van der Waals surface area contributed by atoms with Crippen LogP contribution in [0.15, 0.2) is 53.4 Å². The average Bonchev–Trinajstić information content (AvgIpc) is 2.57. The second-order valence-corrected chi connectivity index (χ2v) is 8.44. The SMILES string of the molecule is Cc1ccccc1CN1CCN(S(=O)(=O)c2cccc(Cl)c2)CC1.Cl. The molecule has 1 heterocycles. The lowest BCUT2D eigenvalue weighted by Gasteiger charge is -2.34. The molecule has 1 fully saturated rings. The van der Waals surface area contributed by atoms with E-state index in [-0.39, 0.29) is 17.3 Å². The van der Waals surface area contributed by atoms with E-state index in [1.165, 1.54) is 17.2 Å². The zero-order valence-corrected chi connectivity index (χ0v) is 16.4. The molecule has 2 aromatic rings. The zero-order chi connectivity index (χ0) is 17.2. The summed E-state index contributed by atoms with van der Waals surface area (Å²) in [6.45, 7) is 5.43. The van der Waals surface area contributed by atoms with Gasteiger partial charge in [0.2, 0.25) is 10.0 Å². The monoisotopic (exact) mass is 400 g/mol. The minimum absolute atomic E-state index is 0. The molecule has 0 atom stereocenters. The highest BCUT2D eigenvalue weighted by molar-refractivity contribution is 7.89. The first-order chi connectivity index (χ1) is 11.5. The Kier molecular flexibility index (Phi) is 6.88. The van der Waals surface area contributed by atoms with Gasteiger partial charge >= 0.3 is 0 Å². The Balaban J connectivity index is 0.00000225. The molecule has 4 nitrogen and oxygen atoms in total. The van der Waals surface area contributed by atoms with E-state index in [0.29, 0.717) is 18.1 Å². The third-order valence-corrected chi connectivity index (χ3v) is 6.55. The third kappa shape index (κ3) is 4.74. The molecule has 1 saturated heterocycles. The number of nitrogens with zero attached hydrogens (tertiary/aromatic N) is 2. The standard InChI is InChI=1S/C18H21ClN2O2S.ClH/c1-15-5-2-3-6-16(15)14-20-9-11-21(12-10-20)24(22,23)18-8-4-7-17(19)13-18;/h2-8,13H,9-12,14H2,1H3;1H. The van der Waals surface area contributed by atoms with Gasteiger partial charge in [0.1, 0.15) is 0 Å². The fourth-order valence-electron chi connectivity index (χ4n) is 2.93. The second-order valence-electron chi connectivity index (χ2n) is 6.06. The Morgan fingerprint density at radius 1 is 1.00 bits per heavy atom. The summed E-state index contributed by atoms with van der Waals surface area (Å²) in [5, 5.41) is 0.439. The van der Waals surface area contributed by atoms with Crippen molar-refractivity contribution < 1.29 is 8.42 Å². The van der Waals surface area contributed by atoms with Crippen molar-refractivity contribution in [3.63, 3.8) is 0 Å². The second kappa shape index (κ2) is 8.52. The first-order valence-corrected chi connectivity index (χ1v) is 9.81. The highest BCUT2D eigenvalue weighted by Gasteiger charge is 2.28. The summed E-state index contributed by atoms with van der Waals surface area (Å²) in [5.41, 5.74) is 2.56. The van der Waals surface area contributed by atoms with Crippen LogP contribution in [0.2, 0.25) is 5.02 Å². The molecule has 0 unspecified atom stereocenters. The van der Waals surface area contributed by atoms with Gasteiger partial charge in [0, 0.05) is 37.7 Å². The average molecular weight is 401 g/mol. The van der Waals surface area contributed by atoms with Crippen LogP contribution in [-0.2, 0) is 16.6 Å². The summed E-state index contributed by atoms with van der Waals surface area (Å²) < 4.78 is 27.0. The third-order valence-electron chi connectivity index (χ3n) is 4.42. The van der Waals surface area contributed by atoms with E-state index in [4.69, 9.17) is 11.6 Å². The van der Waals surface area contributed by atoms with Crippen molar-refractivity contribution in [1.29, 1.82) is 0 Å². The van der Waals surface area contributed by atoms with Gasteiger partial charge in [0.25, 0.3) is 0 Å². The number of rotatable bonds is 4. The van der Waals surface area contributed by atoms with Gasteiger partial charge in [-0.05, 0) is 36.2 Å². The van der Waals surface area contributed by atoms with Gasteiger partial charge in [-0.3, -0.25) is 4.90 Å². The molecule has 0 N–H and O–H groups in total. The molecule has 0 amide bonds. The largest absolute Gasteiger partial charge is 0.296 e.